The van der Waals surface area contributed by atoms with Crippen LogP contribution in [0.2, 0.25) is 0 Å². The molecule has 0 aromatic carbocycles. The number of aliphatic carboxylic acids is 1. The third kappa shape index (κ3) is 3.76. The Balaban J connectivity index is 1.97. The van der Waals surface area contributed by atoms with Gasteiger partial charge in [0.25, 0.3) is 0 Å². The predicted molar refractivity (Wildman–Crippen MR) is 70.8 cm³/mol. The molecule has 106 valence electrons. The number of aromatic nitrogens is 3. The SMILES string of the molecule is CC(C)Cn1ncnc1CC1CCCC(C(=O)O)N1. The predicted octanol–water partition coefficient (Wildman–Crippen LogP) is 1.07. The van der Waals surface area contributed by atoms with E-state index in [1.165, 1.54) is 0 Å². The van der Waals surface area contributed by atoms with E-state index in [9.17, 15) is 4.79 Å². The van der Waals surface area contributed by atoms with Crippen LogP contribution in [0.4, 0.5) is 0 Å². The lowest BCUT2D eigenvalue weighted by Crippen LogP contribution is -2.47. The molecule has 2 N–H and O–H groups in total. The van der Waals surface area contributed by atoms with E-state index in [-0.39, 0.29) is 6.04 Å². The average molecular weight is 266 g/mol. The van der Waals surface area contributed by atoms with E-state index in [1.807, 2.05) is 4.68 Å². The van der Waals surface area contributed by atoms with E-state index in [0.717, 1.165) is 31.6 Å². The van der Waals surface area contributed by atoms with Crippen molar-refractivity contribution >= 4 is 5.97 Å². The quantitative estimate of drug-likeness (QED) is 0.833. The Labute approximate surface area is 113 Å². The molecule has 1 aromatic rings. The molecule has 1 fully saturated rings. The van der Waals surface area contributed by atoms with Gasteiger partial charge in [-0.15, -0.1) is 0 Å². The van der Waals surface area contributed by atoms with Gasteiger partial charge in [0.05, 0.1) is 0 Å². The molecule has 19 heavy (non-hydrogen) atoms. The van der Waals surface area contributed by atoms with E-state index in [4.69, 9.17) is 5.11 Å². The van der Waals surface area contributed by atoms with Crippen molar-refractivity contribution in [3.63, 3.8) is 0 Å². The maximum absolute atomic E-state index is 11.0. The largest absolute Gasteiger partial charge is 0.480 e. The Kier molecular flexibility index (Phi) is 4.52. The maximum Gasteiger partial charge on any atom is 0.320 e. The first-order valence-electron chi connectivity index (χ1n) is 6.91. The molecule has 2 rings (SSSR count). The minimum atomic E-state index is -0.756. The van der Waals surface area contributed by atoms with Crippen molar-refractivity contribution in [1.29, 1.82) is 0 Å². The van der Waals surface area contributed by atoms with Gasteiger partial charge in [-0.1, -0.05) is 13.8 Å². The molecule has 2 unspecified atom stereocenters. The standard InChI is InChI=1S/C13H22N4O2/c1-9(2)7-17-12(14-8-15-17)6-10-4-3-5-11(16-10)13(18)19/h8-11,16H,3-7H2,1-2H3,(H,18,19). The number of carboxylic acids is 1. The molecule has 1 aliphatic rings. The van der Waals surface area contributed by atoms with Crippen molar-refractivity contribution < 1.29 is 9.90 Å². The van der Waals surface area contributed by atoms with Gasteiger partial charge in [-0.25, -0.2) is 9.67 Å². The van der Waals surface area contributed by atoms with Gasteiger partial charge >= 0.3 is 5.97 Å². The highest BCUT2D eigenvalue weighted by atomic mass is 16.4. The molecule has 2 atom stereocenters. The van der Waals surface area contributed by atoms with Crippen LogP contribution in [0.5, 0.6) is 0 Å². The summed E-state index contributed by atoms with van der Waals surface area (Å²) in [7, 11) is 0. The van der Waals surface area contributed by atoms with Gasteiger partial charge < -0.3 is 10.4 Å². The summed E-state index contributed by atoms with van der Waals surface area (Å²) < 4.78 is 1.93. The Morgan fingerprint density at radius 1 is 1.58 bits per heavy atom. The molecule has 0 spiro atoms. The molecular weight excluding hydrogens is 244 g/mol. The minimum absolute atomic E-state index is 0.185. The van der Waals surface area contributed by atoms with Gasteiger partial charge in [-0.3, -0.25) is 4.79 Å². The van der Waals surface area contributed by atoms with Gasteiger partial charge in [0.1, 0.15) is 18.2 Å². The van der Waals surface area contributed by atoms with Gasteiger partial charge in [0.2, 0.25) is 0 Å². The Morgan fingerprint density at radius 3 is 3.05 bits per heavy atom. The lowest BCUT2D eigenvalue weighted by Gasteiger charge is -2.28. The topological polar surface area (TPSA) is 80.0 Å². The molecule has 1 aliphatic heterocycles. The molecule has 0 radical (unpaired) electrons. The van der Waals surface area contributed by atoms with E-state index in [0.29, 0.717) is 12.3 Å². The first-order chi connectivity index (χ1) is 9.06. The van der Waals surface area contributed by atoms with Crippen molar-refractivity contribution in [3.8, 4) is 0 Å². The van der Waals surface area contributed by atoms with Crippen LogP contribution in [0, 0.1) is 5.92 Å². The summed E-state index contributed by atoms with van der Waals surface area (Å²) in [6, 6.07) is -0.231. The molecule has 2 heterocycles. The lowest BCUT2D eigenvalue weighted by atomic mass is 9.96. The van der Waals surface area contributed by atoms with E-state index < -0.39 is 12.0 Å². The van der Waals surface area contributed by atoms with Crippen LogP contribution in [0.3, 0.4) is 0 Å². The van der Waals surface area contributed by atoms with Gasteiger partial charge in [0, 0.05) is 19.0 Å². The highest BCUT2D eigenvalue weighted by molar-refractivity contribution is 5.73. The Morgan fingerprint density at radius 2 is 2.37 bits per heavy atom. The third-order valence-electron chi connectivity index (χ3n) is 3.44. The third-order valence-corrected chi connectivity index (χ3v) is 3.44. The molecule has 0 aliphatic carbocycles. The average Bonchev–Trinajstić information content (AvgIpc) is 2.76. The van der Waals surface area contributed by atoms with Crippen molar-refractivity contribution in [2.24, 2.45) is 5.92 Å². The van der Waals surface area contributed by atoms with Crippen molar-refractivity contribution in [2.45, 2.75) is 58.2 Å². The van der Waals surface area contributed by atoms with Crippen molar-refractivity contribution in [3.05, 3.63) is 12.2 Å². The zero-order chi connectivity index (χ0) is 13.8. The molecule has 6 nitrogen and oxygen atoms in total. The van der Waals surface area contributed by atoms with E-state index >= 15 is 0 Å². The number of hydrogen-bond acceptors (Lipinski definition) is 4. The molecular formula is C13H22N4O2. The number of nitrogens with one attached hydrogen (secondary N) is 1. The summed E-state index contributed by atoms with van der Waals surface area (Å²) in [5.41, 5.74) is 0. The van der Waals surface area contributed by atoms with Crippen molar-refractivity contribution in [2.75, 3.05) is 0 Å². The Hall–Kier alpha value is -1.43. The lowest BCUT2D eigenvalue weighted by molar-refractivity contribution is -0.140. The number of hydrogen-bond donors (Lipinski definition) is 2. The maximum atomic E-state index is 11.0. The number of piperidine rings is 1. The molecule has 0 saturated carbocycles. The fourth-order valence-corrected chi connectivity index (χ4v) is 2.54. The normalized spacial score (nSPS) is 23.7. The molecule has 1 aromatic heterocycles. The second-order valence-electron chi connectivity index (χ2n) is 5.64. The summed E-state index contributed by atoms with van der Waals surface area (Å²) in [4.78, 5) is 15.3. The first-order valence-corrected chi connectivity index (χ1v) is 6.91. The minimum Gasteiger partial charge on any atom is -0.480 e. The van der Waals surface area contributed by atoms with Crippen LogP contribution in [0.15, 0.2) is 6.33 Å². The van der Waals surface area contributed by atoms with Crippen LogP contribution in [0.1, 0.15) is 38.9 Å². The van der Waals surface area contributed by atoms with E-state index in [2.05, 4.69) is 29.2 Å². The molecule has 1 saturated heterocycles. The highest BCUT2D eigenvalue weighted by Gasteiger charge is 2.27. The first kappa shape index (κ1) is 14.0. The van der Waals surface area contributed by atoms with Crippen LogP contribution < -0.4 is 5.32 Å². The van der Waals surface area contributed by atoms with Gasteiger partial charge in [0.15, 0.2) is 0 Å². The fourth-order valence-electron chi connectivity index (χ4n) is 2.54. The highest BCUT2D eigenvalue weighted by Crippen LogP contribution is 2.16. The number of carbonyl (C=O) groups is 1. The summed E-state index contributed by atoms with van der Waals surface area (Å²) >= 11 is 0. The van der Waals surface area contributed by atoms with Crippen LogP contribution in [-0.4, -0.2) is 37.9 Å². The molecule has 6 heteroatoms. The van der Waals surface area contributed by atoms with Crippen LogP contribution in [-0.2, 0) is 17.8 Å². The number of rotatable bonds is 5. The summed E-state index contributed by atoms with van der Waals surface area (Å²) in [5.74, 6) is 0.706. The zero-order valence-electron chi connectivity index (χ0n) is 11.5. The second kappa shape index (κ2) is 6.14. The number of nitrogens with zero attached hydrogens (tertiary/aromatic N) is 3. The fraction of sp³-hybridized carbons (Fsp3) is 0.769. The van der Waals surface area contributed by atoms with E-state index in [1.54, 1.807) is 6.33 Å². The second-order valence-corrected chi connectivity index (χ2v) is 5.64. The van der Waals surface area contributed by atoms with Crippen LogP contribution >= 0.6 is 0 Å². The summed E-state index contributed by atoms with van der Waals surface area (Å²) in [6.07, 6.45) is 4.99. The van der Waals surface area contributed by atoms with Gasteiger partial charge in [-0.05, 0) is 25.2 Å². The smallest absolute Gasteiger partial charge is 0.320 e. The molecule has 0 amide bonds. The van der Waals surface area contributed by atoms with Crippen molar-refractivity contribution in [1.82, 2.24) is 20.1 Å². The number of carboxylic acid groups (broad SMARTS) is 1. The zero-order valence-corrected chi connectivity index (χ0v) is 11.5. The Bertz CT molecular complexity index is 430. The monoisotopic (exact) mass is 266 g/mol. The van der Waals surface area contributed by atoms with Gasteiger partial charge in [-0.2, -0.15) is 5.10 Å². The molecule has 0 bridgehead atoms. The van der Waals surface area contributed by atoms with Crippen LogP contribution in [0.25, 0.3) is 0 Å². The summed E-state index contributed by atoms with van der Waals surface area (Å²) in [5, 5.41) is 16.5. The summed E-state index contributed by atoms with van der Waals surface area (Å²) in [6.45, 7) is 5.14.